The summed E-state index contributed by atoms with van der Waals surface area (Å²) in [6.45, 7) is 1.09. The predicted octanol–water partition coefficient (Wildman–Crippen LogP) is 3.01. The molecule has 0 bridgehead atoms. The van der Waals surface area contributed by atoms with Crippen LogP contribution in [-0.2, 0) is 0 Å². The monoisotopic (exact) mass is 292 g/mol. The van der Waals surface area contributed by atoms with Gasteiger partial charge in [0.1, 0.15) is 0 Å². The van der Waals surface area contributed by atoms with Gasteiger partial charge < -0.3 is 5.32 Å². The summed E-state index contributed by atoms with van der Waals surface area (Å²) < 4.78 is 0. The lowest BCUT2D eigenvalue weighted by Gasteiger charge is -2.15. The Morgan fingerprint density at radius 1 is 0.909 bits per heavy atom. The molecule has 2 aromatic rings. The topological polar surface area (TPSA) is 58.5 Å². The second-order valence-electron chi connectivity index (χ2n) is 5.10. The van der Waals surface area contributed by atoms with Crippen molar-refractivity contribution in [1.29, 1.82) is 0 Å². The number of hydrogen-bond donors (Lipinski definition) is 1. The third-order valence-corrected chi connectivity index (χ3v) is 3.58. The number of hydrogen-bond acceptors (Lipinski definition) is 4. The Morgan fingerprint density at radius 3 is 2.36 bits per heavy atom. The molecule has 4 nitrogen and oxygen atoms in total. The molecule has 2 aromatic carbocycles. The van der Waals surface area contributed by atoms with Crippen molar-refractivity contribution < 1.29 is 9.59 Å². The first-order chi connectivity index (χ1) is 10.8. The van der Waals surface area contributed by atoms with E-state index in [1.54, 1.807) is 24.3 Å². The molecule has 4 heteroatoms. The lowest BCUT2D eigenvalue weighted by atomic mass is 9.88. The van der Waals surface area contributed by atoms with Gasteiger partial charge in [-0.15, -0.1) is 0 Å². The minimum absolute atomic E-state index is 0.0371. The number of ketones is 2. The molecule has 3 rings (SSSR count). The van der Waals surface area contributed by atoms with E-state index in [1.165, 1.54) is 0 Å². The van der Waals surface area contributed by atoms with Gasteiger partial charge in [-0.3, -0.25) is 14.6 Å². The van der Waals surface area contributed by atoms with E-state index >= 15 is 0 Å². The first-order valence-corrected chi connectivity index (χ1v) is 7.25. The van der Waals surface area contributed by atoms with Gasteiger partial charge in [-0.25, -0.2) is 0 Å². The van der Waals surface area contributed by atoms with Crippen LogP contribution in [0, 0.1) is 0 Å². The summed E-state index contributed by atoms with van der Waals surface area (Å²) in [7, 11) is 0. The van der Waals surface area contributed by atoms with Gasteiger partial charge in [0.15, 0.2) is 5.78 Å². The fourth-order valence-electron chi connectivity index (χ4n) is 2.48. The van der Waals surface area contributed by atoms with Gasteiger partial charge in [-0.1, -0.05) is 42.5 Å². The Balaban J connectivity index is 1.66. The molecule has 0 amide bonds. The molecule has 22 heavy (non-hydrogen) atoms. The molecule has 0 atom stereocenters. The maximum atomic E-state index is 12.3. The van der Waals surface area contributed by atoms with Crippen molar-refractivity contribution in [2.45, 2.75) is 6.42 Å². The Bertz CT molecular complexity index is 736. The van der Waals surface area contributed by atoms with Gasteiger partial charge in [0.2, 0.25) is 5.78 Å². The van der Waals surface area contributed by atoms with Gasteiger partial charge in [0, 0.05) is 23.4 Å². The van der Waals surface area contributed by atoms with E-state index in [1.807, 2.05) is 30.3 Å². The number of nitrogens with one attached hydrogen (secondary N) is 1. The summed E-state index contributed by atoms with van der Waals surface area (Å²) in [5.41, 5.74) is 2.35. The summed E-state index contributed by atoms with van der Waals surface area (Å²) in [6, 6.07) is 16.7. The summed E-state index contributed by atoms with van der Waals surface area (Å²) in [4.78, 5) is 28.7. The Hall–Kier alpha value is -2.75. The van der Waals surface area contributed by atoms with Crippen molar-refractivity contribution in [1.82, 2.24) is 0 Å². The zero-order chi connectivity index (χ0) is 15.4. The number of aliphatic imine (C=N–C) groups is 1. The highest BCUT2D eigenvalue weighted by molar-refractivity contribution is 6.52. The minimum Gasteiger partial charge on any atom is -0.383 e. The van der Waals surface area contributed by atoms with Crippen LogP contribution in [0.2, 0.25) is 0 Å². The molecular weight excluding hydrogens is 276 g/mol. The molecule has 1 aliphatic rings. The number of nitrogens with zero attached hydrogens (tertiary/aromatic N) is 1. The van der Waals surface area contributed by atoms with Gasteiger partial charge in [0.25, 0.3) is 0 Å². The quantitative estimate of drug-likeness (QED) is 0.881. The van der Waals surface area contributed by atoms with Crippen LogP contribution in [0.1, 0.15) is 27.1 Å². The lowest BCUT2D eigenvalue weighted by Crippen LogP contribution is -2.27. The van der Waals surface area contributed by atoms with Crippen molar-refractivity contribution in [3.8, 4) is 0 Å². The fourth-order valence-corrected chi connectivity index (χ4v) is 2.48. The summed E-state index contributed by atoms with van der Waals surface area (Å²) in [5, 5.41) is 3.23. The van der Waals surface area contributed by atoms with Crippen LogP contribution in [0.25, 0.3) is 0 Å². The third kappa shape index (κ3) is 2.96. The van der Waals surface area contributed by atoms with Gasteiger partial charge in [-0.05, 0) is 12.1 Å². The Labute approximate surface area is 128 Å². The number of Topliss-reactive ketones (excluding diaryl/α,β-unsaturated/α-hetero) is 2. The first-order valence-electron chi connectivity index (χ1n) is 7.25. The van der Waals surface area contributed by atoms with Crippen molar-refractivity contribution in [2.75, 3.05) is 18.4 Å². The molecule has 0 fully saturated rings. The highest BCUT2D eigenvalue weighted by atomic mass is 16.1. The van der Waals surface area contributed by atoms with Crippen LogP contribution in [0.4, 0.5) is 5.69 Å². The van der Waals surface area contributed by atoms with Crippen LogP contribution in [-0.4, -0.2) is 30.4 Å². The molecule has 0 aliphatic heterocycles. The smallest absolute Gasteiger partial charge is 0.207 e. The van der Waals surface area contributed by atoms with Gasteiger partial charge in [0.05, 0.1) is 18.7 Å². The summed E-state index contributed by atoms with van der Waals surface area (Å²) >= 11 is 0. The molecule has 0 saturated heterocycles. The van der Waals surface area contributed by atoms with Crippen LogP contribution >= 0.6 is 0 Å². The van der Waals surface area contributed by atoms with E-state index in [4.69, 9.17) is 0 Å². The van der Waals surface area contributed by atoms with E-state index in [-0.39, 0.29) is 18.0 Å². The fraction of sp³-hybridized carbons (Fsp3) is 0.167. The highest BCUT2D eigenvalue weighted by Gasteiger charge is 2.28. The standard InChI is InChI=1S/C18H16N2O2/c21-17-12-16(18(22)15-9-5-4-8-14(15)17)20-11-10-19-13-6-2-1-3-7-13/h1-9,19H,10-12H2. The predicted molar refractivity (Wildman–Crippen MR) is 87.0 cm³/mol. The van der Waals surface area contributed by atoms with Crippen molar-refractivity contribution in [3.63, 3.8) is 0 Å². The number of carbonyl (C=O) groups excluding carboxylic acids is 2. The number of para-hydroxylation sites is 1. The molecule has 0 aromatic heterocycles. The molecule has 0 radical (unpaired) electrons. The van der Waals surface area contributed by atoms with Crippen molar-refractivity contribution in [3.05, 3.63) is 65.7 Å². The van der Waals surface area contributed by atoms with E-state index in [0.29, 0.717) is 29.9 Å². The molecular formula is C18H16N2O2. The van der Waals surface area contributed by atoms with Crippen LogP contribution < -0.4 is 5.32 Å². The lowest BCUT2D eigenvalue weighted by molar-refractivity contribution is 0.0964. The maximum absolute atomic E-state index is 12.3. The zero-order valence-electron chi connectivity index (χ0n) is 12.1. The number of carbonyl (C=O) groups is 2. The summed E-state index contributed by atoms with van der Waals surface area (Å²) in [6.07, 6.45) is 0.0984. The number of rotatable bonds is 4. The third-order valence-electron chi connectivity index (χ3n) is 3.58. The largest absolute Gasteiger partial charge is 0.383 e. The number of benzene rings is 2. The van der Waals surface area contributed by atoms with Crippen LogP contribution in [0.15, 0.2) is 59.6 Å². The number of fused-ring (bicyclic) bond motifs is 1. The molecule has 110 valence electrons. The van der Waals surface area contributed by atoms with E-state index in [0.717, 1.165) is 5.69 Å². The van der Waals surface area contributed by atoms with Gasteiger partial charge >= 0.3 is 0 Å². The molecule has 0 heterocycles. The molecule has 0 spiro atoms. The Kier molecular flexibility index (Phi) is 4.10. The summed E-state index contributed by atoms with van der Waals surface area (Å²) in [5.74, 6) is -0.167. The molecule has 1 N–H and O–H groups in total. The van der Waals surface area contributed by atoms with E-state index < -0.39 is 0 Å². The van der Waals surface area contributed by atoms with Crippen molar-refractivity contribution in [2.24, 2.45) is 4.99 Å². The average molecular weight is 292 g/mol. The highest BCUT2D eigenvalue weighted by Crippen LogP contribution is 2.19. The first kappa shape index (κ1) is 14.2. The normalized spacial score (nSPS) is 15.7. The van der Waals surface area contributed by atoms with Gasteiger partial charge in [-0.2, -0.15) is 0 Å². The number of anilines is 1. The second-order valence-corrected chi connectivity index (χ2v) is 5.10. The van der Waals surface area contributed by atoms with Crippen LogP contribution in [0.5, 0.6) is 0 Å². The molecule has 0 unspecified atom stereocenters. The molecule has 1 aliphatic carbocycles. The van der Waals surface area contributed by atoms with E-state index in [9.17, 15) is 9.59 Å². The second kappa shape index (κ2) is 6.35. The van der Waals surface area contributed by atoms with Crippen LogP contribution in [0.3, 0.4) is 0 Å². The zero-order valence-corrected chi connectivity index (χ0v) is 12.1. The van der Waals surface area contributed by atoms with Crippen molar-refractivity contribution >= 4 is 23.0 Å². The average Bonchev–Trinajstić information content (AvgIpc) is 2.57. The SMILES string of the molecule is O=C1CC(=NCCNc2ccccc2)C(=O)c2ccccc21. The van der Waals surface area contributed by atoms with E-state index in [2.05, 4.69) is 10.3 Å². The maximum Gasteiger partial charge on any atom is 0.207 e. The molecule has 0 saturated carbocycles. The minimum atomic E-state index is -0.130. The Morgan fingerprint density at radius 2 is 1.59 bits per heavy atom.